The van der Waals surface area contributed by atoms with Gasteiger partial charge in [0.05, 0.1) is 16.8 Å². The number of hydrogen-bond donors (Lipinski definition) is 4. The number of rotatable bonds is 7. The van der Waals surface area contributed by atoms with Crippen LogP contribution in [0.3, 0.4) is 0 Å². The number of nitrogens with two attached hydrogens (primary N) is 1. The second-order valence-corrected chi connectivity index (χ2v) is 8.34. The molecule has 4 aromatic rings. The highest BCUT2D eigenvalue weighted by atomic mass is 16.4. The molecule has 0 saturated heterocycles. The maximum absolute atomic E-state index is 11.9. The van der Waals surface area contributed by atoms with E-state index in [9.17, 15) is 14.8 Å². The number of aryl methyl sites for hydroxylation is 1. The minimum atomic E-state index is -1.52. The smallest absolute Gasteiger partial charge is 0.423 e. The second-order valence-electron chi connectivity index (χ2n) is 8.34. The minimum absolute atomic E-state index is 0.193. The average Bonchev–Trinajstić information content (AvgIpc) is 3.13. The molecular formula is C24H26BN5O3. The zero-order valence-electron chi connectivity index (χ0n) is 18.8. The number of nitrogens with one attached hydrogen (secondary N) is 1. The van der Waals surface area contributed by atoms with Crippen molar-refractivity contribution in [3.8, 4) is 11.5 Å². The number of nitrogens with zero attached hydrogens (tertiary/aromatic N) is 3. The monoisotopic (exact) mass is 443 g/mol. The van der Waals surface area contributed by atoms with Gasteiger partial charge in [-0.15, -0.1) is 0 Å². The quantitative estimate of drug-likeness (QED) is 0.325. The first kappa shape index (κ1) is 22.5. The maximum atomic E-state index is 11.9. The van der Waals surface area contributed by atoms with Crippen LogP contribution in [0.5, 0.6) is 0 Å². The number of hydrogen-bond acceptors (Lipinski definition) is 6. The third kappa shape index (κ3) is 4.46. The first-order valence-electron chi connectivity index (χ1n) is 10.7. The van der Waals surface area contributed by atoms with Gasteiger partial charge >= 0.3 is 7.12 Å². The maximum Gasteiger partial charge on any atom is 0.488 e. The molecule has 4 rings (SSSR count). The third-order valence-corrected chi connectivity index (χ3v) is 5.63. The summed E-state index contributed by atoms with van der Waals surface area (Å²) in [6.07, 6.45) is 3.68. The van der Waals surface area contributed by atoms with Crippen molar-refractivity contribution in [3.63, 3.8) is 0 Å². The van der Waals surface area contributed by atoms with E-state index in [1.54, 1.807) is 30.3 Å². The highest BCUT2D eigenvalue weighted by Gasteiger charge is 2.19. The van der Waals surface area contributed by atoms with Crippen LogP contribution >= 0.6 is 0 Å². The fraction of sp³-hybridized carbons (Fsp3) is 0.208. The van der Waals surface area contributed by atoms with Gasteiger partial charge in [0.25, 0.3) is 5.91 Å². The number of carbonyl (C=O) groups is 1. The lowest BCUT2D eigenvalue weighted by Crippen LogP contribution is -2.30. The van der Waals surface area contributed by atoms with E-state index in [0.717, 1.165) is 22.4 Å². The SMILES string of the molecule is Cc1cc2c(C(N)=O)cccn2c1-c1ncc(C(C)C)c(NCc2cccc(B(O)O)c2)n1. The Morgan fingerprint density at radius 1 is 1.21 bits per heavy atom. The molecule has 0 radical (unpaired) electrons. The summed E-state index contributed by atoms with van der Waals surface area (Å²) in [6, 6.07) is 12.5. The van der Waals surface area contributed by atoms with E-state index in [1.165, 1.54) is 0 Å². The molecule has 0 aliphatic rings. The van der Waals surface area contributed by atoms with Crippen molar-refractivity contribution in [1.82, 2.24) is 14.4 Å². The molecular weight excluding hydrogens is 417 g/mol. The number of anilines is 1. The molecule has 0 saturated carbocycles. The van der Waals surface area contributed by atoms with Crippen LogP contribution in [0.1, 0.15) is 46.8 Å². The molecule has 0 atom stereocenters. The van der Waals surface area contributed by atoms with Crippen molar-refractivity contribution in [2.24, 2.45) is 5.73 Å². The molecule has 0 unspecified atom stereocenters. The van der Waals surface area contributed by atoms with Gasteiger partial charge in [0.2, 0.25) is 0 Å². The summed E-state index contributed by atoms with van der Waals surface area (Å²) in [5, 5.41) is 22.3. The van der Waals surface area contributed by atoms with Gasteiger partial charge in [-0.3, -0.25) is 4.79 Å². The Morgan fingerprint density at radius 3 is 2.70 bits per heavy atom. The summed E-state index contributed by atoms with van der Waals surface area (Å²) < 4.78 is 1.88. The molecule has 5 N–H and O–H groups in total. The molecule has 8 nitrogen and oxygen atoms in total. The van der Waals surface area contributed by atoms with Crippen LogP contribution in [0.25, 0.3) is 17.0 Å². The van der Waals surface area contributed by atoms with E-state index in [2.05, 4.69) is 24.1 Å². The minimum Gasteiger partial charge on any atom is -0.423 e. The molecule has 33 heavy (non-hydrogen) atoms. The van der Waals surface area contributed by atoms with Gasteiger partial charge in [0, 0.05) is 24.5 Å². The van der Waals surface area contributed by atoms with E-state index >= 15 is 0 Å². The van der Waals surface area contributed by atoms with Gasteiger partial charge in [0.15, 0.2) is 5.82 Å². The van der Waals surface area contributed by atoms with Gasteiger partial charge < -0.3 is 25.5 Å². The lowest BCUT2D eigenvalue weighted by atomic mass is 9.79. The van der Waals surface area contributed by atoms with Gasteiger partial charge in [-0.05, 0) is 47.6 Å². The van der Waals surface area contributed by atoms with Gasteiger partial charge in [0.1, 0.15) is 5.82 Å². The van der Waals surface area contributed by atoms with Gasteiger partial charge in [-0.2, -0.15) is 0 Å². The average molecular weight is 443 g/mol. The Hall–Kier alpha value is -3.69. The number of amides is 1. The molecule has 1 aromatic carbocycles. The molecule has 9 heteroatoms. The molecule has 1 amide bonds. The highest BCUT2D eigenvalue weighted by Crippen LogP contribution is 2.30. The van der Waals surface area contributed by atoms with Crippen LogP contribution in [-0.4, -0.2) is 37.4 Å². The Morgan fingerprint density at radius 2 is 2.00 bits per heavy atom. The lowest BCUT2D eigenvalue weighted by molar-refractivity contribution is 0.100. The Balaban J connectivity index is 1.74. The molecule has 3 heterocycles. The zero-order valence-corrected chi connectivity index (χ0v) is 18.8. The van der Waals surface area contributed by atoms with Crippen LogP contribution in [0.2, 0.25) is 0 Å². The summed E-state index contributed by atoms with van der Waals surface area (Å²) in [5.74, 6) is 0.933. The van der Waals surface area contributed by atoms with E-state index in [4.69, 9.17) is 10.7 Å². The standard InChI is InChI=1S/C24H26BN5O3/c1-14(2)19-13-28-24(21-15(3)10-20-18(22(26)31)8-5-9-30(20)21)29-23(19)27-12-16-6-4-7-17(11-16)25(32)33/h4-11,13-14,32-33H,12H2,1-3H3,(H2,26,31)(H,27,28,29). The molecule has 3 aromatic heterocycles. The van der Waals surface area contributed by atoms with Crippen LogP contribution in [0.15, 0.2) is 54.9 Å². The largest absolute Gasteiger partial charge is 0.488 e. The number of fused-ring (bicyclic) bond motifs is 1. The number of carbonyl (C=O) groups excluding carboxylic acids is 1. The molecule has 0 bridgehead atoms. The van der Waals surface area contributed by atoms with E-state index in [0.29, 0.717) is 34.7 Å². The van der Waals surface area contributed by atoms with E-state index < -0.39 is 13.0 Å². The molecule has 168 valence electrons. The number of aromatic nitrogens is 3. The van der Waals surface area contributed by atoms with Crippen molar-refractivity contribution in [3.05, 3.63) is 77.1 Å². The van der Waals surface area contributed by atoms with Crippen molar-refractivity contribution in [1.29, 1.82) is 0 Å². The predicted molar refractivity (Wildman–Crippen MR) is 129 cm³/mol. The Bertz CT molecular complexity index is 1330. The summed E-state index contributed by atoms with van der Waals surface area (Å²) in [7, 11) is -1.52. The van der Waals surface area contributed by atoms with Crippen LogP contribution in [-0.2, 0) is 6.54 Å². The van der Waals surface area contributed by atoms with Crippen molar-refractivity contribution < 1.29 is 14.8 Å². The van der Waals surface area contributed by atoms with Crippen LogP contribution in [0, 0.1) is 6.92 Å². The van der Waals surface area contributed by atoms with E-state index in [-0.39, 0.29) is 5.92 Å². The number of benzene rings is 1. The summed E-state index contributed by atoms with van der Waals surface area (Å²) in [5.41, 5.74) is 10.7. The fourth-order valence-corrected chi connectivity index (χ4v) is 3.94. The summed E-state index contributed by atoms with van der Waals surface area (Å²) in [4.78, 5) is 21.3. The molecule has 0 spiro atoms. The lowest BCUT2D eigenvalue weighted by Gasteiger charge is -2.15. The third-order valence-electron chi connectivity index (χ3n) is 5.63. The summed E-state index contributed by atoms with van der Waals surface area (Å²) in [6.45, 7) is 6.55. The predicted octanol–water partition coefficient (Wildman–Crippen LogP) is 2.22. The van der Waals surface area contributed by atoms with Gasteiger partial charge in [-0.1, -0.05) is 38.1 Å². The van der Waals surface area contributed by atoms with Crippen molar-refractivity contribution >= 4 is 29.8 Å². The number of primary amides is 1. The summed E-state index contributed by atoms with van der Waals surface area (Å²) >= 11 is 0. The van der Waals surface area contributed by atoms with Crippen LogP contribution in [0.4, 0.5) is 5.82 Å². The molecule has 0 aliphatic heterocycles. The van der Waals surface area contributed by atoms with Crippen molar-refractivity contribution in [2.75, 3.05) is 5.32 Å². The normalized spacial score (nSPS) is 11.2. The first-order chi connectivity index (χ1) is 15.8. The molecule has 0 aliphatic carbocycles. The molecule has 0 fully saturated rings. The Kier molecular flexibility index (Phi) is 6.17. The zero-order chi connectivity index (χ0) is 23.7. The topological polar surface area (TPSA) is 126 Å². The number of pyridine rings is 1. The van der Waals surface area contributed by atoms with Gasteiger partial charge in [-0.25, -0.2) is 9.97 Å². The fourth-order valence-electron chi connectivity index (χ4n) is 3.94. The Labute approximate surface area is 192 Å². The van der Waals surface area contributed by atoms with E-state index in [1.807, 2.05) is 35.9 Å². The second kappa shape index (κ2) is 9.05. The highest BCUT2D eigenvalue weighted by molar-refractivity contribution is 6.58. The van der Waals surface area contributed by atoms with Crippen LogP contribution < -0.4 is 16.5 Å². The van der Waals surface area contributed by atoms with Crippen molar-refractivity contribution in [2.45, 2.75) is 33.2 Å². The first-order valence-corrected chi connectivity index (χ1v) is 10.7.